The van der Waals surface area contributed by atoms with E-state index in [1.165, 1.54) is 6.42 Å². The van der Waals surface area contributed by atoms with Crippen LogP contribution in [0.3, 0.4) is 0 Å². The van der Waals surface area contributed by atoms with E-state index >= 15 is 0 Å². The first-order valence-electron chi connectivity index (χ1n) is 7.72. The van der Waals surface area contributed by atoms with Gasteiger partial charge in [-0.2, -0.15) is 0 Å². The van der Waals surface area contributed by atoms with Gasteiger partial charge in [0.15, 0.2) is 0 Å². The van der Waals surface area contributed by atoms with Crippen LogP contribution < -0.4 is 5.32 Å². The van der Waals surface area contributed by atoms with Gasteiger partial charge in [0.1, 0.15) is 5.82 Å². The van der Waals surface area contributed by atoms with E-state index in [1.54, 1.807) is 18.6 Å². The number of aromatic amines is 1. The van der Waals surface area contributed by atoms with Gasteiger partial charge in [-0.15, -0.1) is 0 Å². The number of aromatic nitrogens is 3. The minimum Gasteiger partial charge on any atom is -0.351 e. The van der Waals surface area contributed by atoms with Crippen LogP contribution >= 0.6 is 0 Å². The van der Waals surface area contributed by atoms with Crippen molar-refractivity contribution in [2.45, 2.75) is 31.8 Å². The number of carbonyl (C=O) groups is 1. The highest BCUT2D eigenvalue weighted by molar-refractivity contribution is 5.78. The summed E-state index contributed by atoms with van der Waals surface area (Å²) in [4.78, 5) is 26.0. The molecule has 2 N–H and O–H groups in total. The summed E-state index contributed by atoms with van der Waals surface area (Å²) in [6.45, 7) is 1.86. The first-order chi connectivity index (χ1) is 10.8. The van der Waals surface area contributed by atoms with Crippen LogP contribution in [0.2, 0.25) is 0 Å². The van der Waals surface area contributed by atoms with E-state index in [1.807, 2.05) is 18.3 Å². The number of rotatable bonds is 5. The number of nitrogens with zero attached hydrogens (tertiary/aromatic N) is 3. The molecule has 1 amide bonds. The molecule has 0 spiro atoms. The fourth-order valence-electron chi connectivity index (χ4n) is 2.89. The third-order valence-corrected chi connectivity index (χ3v) is 4.01. The van der Waals surface area contributed by atoms with Gasteiger partial charge in [0.05, 0.1) is 12.6 Å². The number of hydrogen-bond acceptors (Lipinski definition) is 4. The molecule has 1 saturated heterocycles. The Labute approximate surface area is 130 Å². The number of hydrogen-bond donors (Lipinski definition) is 2. The highest BCUT2D eigenvalue weighted by atomic mass is 16.2. The van der Waals surface area contributed by atoms with Crippen molar-refractivity contribution in [2.24, 2.45) is 0 Å². The van der Waals surface area contributed by atoms with Crippen LogP contribution in [0.25, 0.3) is 0 Å². The standard InChI is InChI=1S/C16H21N5O/c22-15(20-11-13-4-3-6-17-10-13)12-21-9-2-1-5-14(21)16-18-7-8-19-16/h3-4,6-8,10,14H,1-2,5,9,11-12H2,(H,18,19)(H,20,22). The number of imidazole rings is 1. The molecular formula is C16H21N5O. The summed E-state index contributed by atoms with van der Waals surface area (Å²) in [6, 6.07) is 4.05. The molecule has 0 radical (unpaired) electrons. The fourth-order valence-corrected chi connectivity index (χ4v) is 2.89. The Morgan fingerprint density at radius 2 is 2.36 bits per heavy atom. The van der Waals surface area contributed by atoms with Gasteiger partial charge in [-0.3, -0.25) is 14.7 Å². The summed E-state index contributed by atoms with van der Waals surface area (Å²) in [7, 11) is 0. The largest absolute Gasteiger partial charge is 0.351 e. The predicted octanol–water partition coefficient (Wildman–Crippen LogP) is 1.65. The average molecular weight is 299 g/mol. The monoisotopic (exact) mass is 299 g/mol. The van der Waals surface area contributed by atoms with Crippen LogP contribution in [0, 0.1) is 0 Å². The zero-order chi connectivity index (χ0) is 15.2. The van der Waals surface area contributed by atoms with Gasteiger partial charge in [0, 0.05) is 31.3 Å². The normalized spacial score (nSPS) is 19.0. The van der Waals surface area contributed by atoms with Gasteiger partial charge in [-0.25, -0.2) is 4.98 Å². The zero-order valence-corrected chi connectivity index (χ0v) is 12.5. The second-order valence-electron chi connectivity index (χ2n) is 5.59. The molecular weight excluding hydrogens is 278 g/mol. The molecule has 0 saturated carbocycles. The molecule has 22 heavy (non-hydrogen) atoms. The summed E-state index contributed by atoms with van der Waals surface area (Å²) in [6.07, 6.45) is 10.5. The molecule has 1 aliphatic heterocycles. The van der Waals surface area contributed by atoms with E-state index in [0.717, 1.165) is 30.8 Å². The van der Waals surface area contributed by atoms with Crippen molar-refractivity contribution in [3.8, 4) is 0 Å². The molecule has 0 aliphatic carbocycles. The summed E-state index contributed by atoms with van der Waals surface area (Å²) < 4.78 is 0. The molecule has 116 valence electrons. The van der Waals surface area contributed by atoms with E-state index in [4.69, 9.17) is 0 Å². The van der Waals surface area contributed by atoms with Crippen LogP contribution in [0.5, 0.6) is 0 Å². The Hall–Kier alpha value is -2.21. The van der Waals surface area contributed by atoms with Crippen molar-refractivity contribution in [2.75, 3.05) is 13.1 Å². The number of pyridine rings is 1. The first-order valence-corrected chi connectivity index (χ1v) is 7.72. The smallest absolute Gasteiger partial charge is 0.234 e. The third kappa shape index (κ3) is 3.71. The van der Waals surface area contributed by atoms with Crippen molar-refractivity contribution < 1.29 is 4.79 Å². The minimum absolute atomic E-state index is 0.0438. The molecule has 1 fully saturated rings. The molecule has 0 bridgehead atoms. The minimum atomic E-state index is 0.0438. The van der Waals surface area contributed by atoms with Gasteiger partial charge >= 0.3 is 0 Å². The highest BCUT2D eigenvalue weighted by Gasteiger charge is 2.27. The molecule has 3 rings (SSSR count). The number of H-pyrrole nitrogens is 1. The molecule has 3 heterocycles. The molecule has 1 aliphatic rings. The van der Waals surface area contributed by atoms with Crippen molar-refractivity contribution >= 4 is 5.91 Å². The van der Waals surface area contributed by atoms with E-state index in [0.29, 0.717) is 13.1 Å². The number of piperidine rings is 1. The van der Waals surface area contributed by atoms with Crippen molar-refractivity contribution in [3.05, 3.63) is 48.3 Å². The van der Waals surface area contributed by atoms with Crippen LogP contribution in [0.4, 0.5) is 0 Å². The SMILES string of the molecule is O=C(CN1CCCCC1c1ncc[nH]1)NCc1cccnc1. The molecule has 6 nitrogen and oxygen atoms in total. The van der Waals surface area contributed by atoms with Crippen LogP contribution in [0.15, 0.2) is 36.9 Å². The van der Waals surface area contributed by atoms with Gasteiger partial charge in [0.25, 0.3) is 0 Å². The fraction of sp³-hybridized carbons (Fsp3) is 0.438. The quantitative estimate of drug-likeness (QED) is 0.880. The molecule has 6 heteroatoms. The summed E-state index contributed by atoms with van der Waals surface area (Å²) >= 11 is 0. The molecule has 0 aromatic carbocycles. The molecule has 1 unspecified atom stereocenters. The van der Waals surface area contributed by atoms with E-state index < -0.39 is 0 Å². The van der Waals surface area contributed by atoms with Crippen molar-refractivity contribution in [1.82, 2.24) is 25.2 Å². The van der Waals surface area contributed by atoms with E-state index in [9.17, 15) is 4.79 Å². The summed E-state index contributed by atoms with van der Waals surface area (Å²) in [5, 5.41) is 2.96. The number of amides is 1. The number of nitrogens with one attached hydrogen (secondary N) is 2. The van der Waals surface area contributed by atoms with Crippen molar-refractivity contribution in [3.63, 3.8) is 0 Å². The van der Waals surface area contributed by atoms with Gasteiger partial charge in [0.2, 0.25) is 5.91 Å². The number of carbonyl (C=O) groups excluding carboxylic acids is 1. The molecule has 2 aromatic rings. The number of likely N-dealkylation sites (tertiary alicyclic amines) is 1. The first kappa shape index (κ1) is 14.7. The van der Waals surface area contributed by atoms with Crippen LogP contribution in [-0.2, 0) is 11.3 Å². The highest BCUT2D eigenvalue weighted by Crippen LogP contribution is 2.28. The van der Waals surface area contributed by atoms with Gasteiger partial charge in [-0.05, 0) is 31.0 Å². The Bertz CT molecular complexity index is 584. The van der Waals surface area contributed by atoms with Gasteiger partial charge < -0.3 is 10.3 Å². The summed E-state index contributed by atoms with van der Waals surface area (Å²) in [5.74, 6) is 1.00. The maximum Gasteiger partial charge on any atom is 0.234 e. The Kier molecular flexibility index (Phi) is 4.80. The zero-order valence-electron chi connectivity index (χ0n) is 12.5. The predicted molar refractivity (Wildman–Crippen MR) is 82.8 cm³/mol. The lowest BCUT2D eigenvalue weighted by Gasteiger charge is -2.33. The second-order valence-corrected chi connectivity index (χ2v) is 5.59. The maximum absolute atomic E-state index is 12.2. The van der Waals surface area contributed by atoms with E-state index in [-0.39, 0.29) is 11.9 Å². The lowest BCUT2D eigenvalue weighted by atomic mass is 10.0. The lowest BCUT2D eigenvalue weighted by Crippen LogP contribution is -2.41. The van der Waals surface area contributed by atoms with E-state index in [2.05, 4.69) is 25.2 Å². The Balaban J connectivity index is 1.55. The van der Waals surface area contributed by atoms with Crippen LogP contribution in [0.1, 0.15) is 36.7 Å². The van der Waals surface area contributed by atoms with Crippen LogP contribution in [-0.4, -0.2) is 38.8 Å². The summed E-state index contributed by atoms with van der Waals surface area (Å²) in [5.41, 5.74) is 1.01. The second kappa shape index (κ2) is 7.17. The molecule has 1 atom stereocenters. The third-order valence-electron chi connectivity index (χ3n) is 4.01. The average Bonchev–Trinajstić information content (AvgIpc) is 3.09. The topological polar surface area (TPSA) is 73.9 Å². The maximum atomic E-state index is 12.2. The van der Waals surface area contributed by atoms with Gasteiger partial charge in [-0.1, -0.05) is 12.5 Å². The molecule has 2 aromatic heterocycles. The van der Waals surface area contributed by atoms with Crippen molar-refractivity contribution in [1.29, 1.82) is 0 Å². The Morgan fingerprint density at radius 1 is 1.41 bits per heavy atom. The lowest BCUT2D eigenvalue weighted by molar-refractivity contribution is -0.123. The Morgan fingerprint density at radius 3 is 3.14 bits per heavy atom.